The van der Waals surface area contributed by atoms with Gasteiger partial charge in [-0.25, -0.2) is 0 Å². The molecule has 1 N–H and O–H groups in total. The average molecular weight is 245 g/mol. The quantitative estimate of drug-likeness (QED) is 0.880. The topological polar surface area (TPSA) is 21.3 Å². The van der Waals surface area contributed by atoms with Crippen LogP contribution in [0, 0.1) is 5.41 Å². The smallest absolute Gasteiger partial charge is 0.119 e. The molecule has 2 aliphatic carbocycles. The van der Waals surface area contributed by atoms with Crippen molar-refractivity contribution >= 4 is 0 Å². The lowest BCUT2D eigenvalue weighted by atomic mass is 9.87. The van der Waals surface area contributed by atoms with Crippen LogP contribution in [0.15, 0.2) is 18.2 Å². The molecule has 1 aromatic rings. The molecule has 2 unspecified atom stereocenters. The van der Waals surface area contributed by atoms with Crippen LogP contribution in [0.2, 0.25) is 0 Å². The molecule has 0 aromatic heterocycles. The molecule has 1 aromatic carbocycles. The summed E-state index contributed by atoms with van der Waals surface area (Å²) in [6.45, 7) is 4.69. The molecule has 0 bridgehead atoms. The summed E-state index contributed by atoms with van der Waals surface area (Å²) >= 11 is 0. The summed E-state index contributed by atoms with van der Waals surface area (Å²) in [5, 5.41) is 3.84. The Kier molecular flexibility index (Phi) is 2.86. The van der Waals surface area contributed by atoms with Gasteiger partial charge in [0.1, 0.15) is 5.75 Å². The van der Waals surface area contributed by atoms with Crippen molar-refractivity contribution in [2.24, 2.45) is 5.41 Å². The molecule has 2 nitrogen and oxygen atoms in total. The molecule has 0 heterocycles. The maximum absolute atomic E-state index is 5.36. The van der Waals surface area contributed by atoms with Gasteiger partial charge in [0.05, 0.1) is 7.11 Å². The van der Waals surface area contributed by atoms with Crippen LogP contribution in [0.4, 0.5) is 0 Å². The highest BCUT2D eigenvalue weighted by atomic mass is 16.5. The fraction of sp³-hybridized carbons (Fsp3) is 0.625. The Hall–Kier alpha value is -1.02. The first-order valence-electron chi connectivity index (χ1n) is 7.03. The molecule has 1 saturated carbocycles. The van der Waals surface area contributed by atoms with E-state index in [-0.39, 0.29) is 0 Å². The molecule has 18 heavy (non-hydrogen) atoms. The second kappa shape index (κ2) is 4.27. The van der Waals surface area contributed by atoms with Crippen LogP contribution < -0.4 is 10.1 Å². The van der Waals surface area contributed by atoms with E-state index >= 15 is 0 Å². The predicted molar refractivity (Wildman–Crippen MR) is 74.0 cm³/mol. The summed E-state index contributed by atoms with van der Waals surface area (Å²) in [5.41, 5.74) is 3.46. The molecule has 0 spiro atoms. The van der Waals surface area contributed by atoms with Gasteiger partial charge >= 0.3 is 0 Å². The van der Waals surface area contributed by atoms with Crippen molar-refractivity contribution in [3.8, 4) is 5.75 Å². The van der Waals surface area contributed by atoms with Crippen molar-refractivity contribution in [1.82, 2.24) is 5.32 Å². The zero-order chi connectivity index (χ0) is 12.8. The second-order valence-electron chi connectivity index (χ2n) is 6.42. The number of methoxy groups -OCH3 is 1. The van der Waals surface area contributed by atoms with Gasteiger partial charge in [0, 0.05) is 12.1 Å². The van der Waals surface area contributed by atoms with Gasteiger partial charge in [-0.05, 0) is 54.4 Å². The van der Waals surface area contributed by atoms with Gasteiger partial charge in [-0.1, -0.05) is 19.9 Å². The van der Waals surface area contributed by atoms with Crippen molar-refractivity contribution < 1.29 is 4.74 Å². The lowest BCUT2D eigenvalue weighted by molar-refractivity contribution is 0.403. The van der Waals surface area contributed by atoms with E-state index < -0.39 is 0 Å². The van der Waals surface area contributed by atoms with Gasteiger partial charge in [0.2, 0.25) is 0 Å². The fourth-order valence-corrected chi connectivity index (χ4v) is 3.07. The van der Waals surface area contributed by atoms with E-state index in [1.165, 1.54) is 36.8 Å². The lowest BCUT2D eigenvalue weighted by Gasteiger charge is -2.27. The van der Waals surface area contributed by atoms with E-state index in [1.807, 2.05) is 0 Å². The van der Waals surface area contributed by atoms with Crippen LogP contribution in [0.5, 0.6) is 5.75 Å². The van der Waals surface area contributed by atoms with Crippen molar-refractivity contribution in [1.29, 1.82) is 0 Å². The standard InChI is InChI=1S/C16H23NO/c1-16(2)10-15(16)17-14-6-4-5-11-7-8-12(18-3)9-13(11)14/h7-9,14-15,17H,4-6,10H2,1-3H3. The fourth-order valence-electron chi connectivity index (χ4n) is 3.07. The third-order valence-corrected chi connectivity index (χ3v) is 4.58. The lowest BCUT2D eigenvalue weighted by Crippen LogP contribution is -2.29. The van der Waals surface area contributed by atoms with Crippen molar-refractivity contribution in [2.45, 2.75) is 51.6 Å². The Morgan fingerprint density at radius 2 is 2.11 bits per heavy atom. The van der Waals surface area contributed by atoms with Crippen LogP contribution in [-0.4, -0.2) is 13.2 Å². The summed E-state index contributed by atoms with van der Waals surface area (Å²) < 4.78 is 5.36. The maximum Gasteiger partial charge on any atom is 0.119 e. The van der Waals surface area contributed by atoms with Gasteiger partial charge < -0.3 is 10.1 Å². The normalized spacial score (nSPS) is 28.6. The molecule has 2 aliphatic rings. The Morgan fingerprint density at radius 3 is 2.78 bits per heavy atom. The molecule has 0 aliphatic heterocycles. The first-order valence-corrected chi connectivity index (χ1v) is 7.03. The van der Waals surface area contributed by atoms with Crippen molar-refractivity contribution in [3.05, 3.63) is 29.3 Å². The molecule has 2 heteroatoms. The SMILES string of the molecule is COc1ccc2c(c1)C(NC1CC1(C)C)CCC2. The van der Waals surface area contributed by atoms with Gasteiger partial charge in [0.25, 0.3) is 0 Å². The van der Waals surface area contributed by atoms with Crippen LogP contribution in [0.3, 0.4) is 0 Å². The monoisotopic (exact) mass is 245 g/mol. The molecule has 0 radical (unpaired) electrons. The Labute approximate surface area is 110 Å². The minimum absolute atomic E-state index is 0.497. The largest absolute Gasteiger partial charge is 0.497 e. The van der Waals surface area contributed by atoms with Crippen LogP contribution in [0.25, 0.3) is 0 Å². The molecule has 2 atom stereocenters. The Balaban J connectivity index is 1.82. The number of benzene rings is 1. The average Bonchev–Trinajstić information content (AvgIpc) is 2.96. The van der Waals surface area contributed by atoms with E-state index in [2.05, 4.69) is 37.4 Å². The summed E-state index contributed by atoms with van der Waals surface area (Å²) in [7, 11) is 1.75. The zero-order valence-corrected chi connectivity index (χ0v) is 11.6. The minimum atomic E-state index is 0.497. The highest BCUT2D eigenvalue weighted by molar-refractivity contribution is 5.39. The highest BCUT2D eigenvalue weighted by Crippen LogP contribution is 2.47. The summed E-state index contributed by atoms with van der Waals surface area (Å²) in [6, 6.07) is 7.76. The molecule has 0 amide bonds. The molecule has 0 saturated heterocycles. The minimum Gasteiger partial charge on any atom is -0.497 e. The van der Waals surface area contributed by atoms with Crippen molar-refractivity contribution in [2.75, 3.05) is 7.11 Å². The number of aryl methyl sites for hydroxylation is 1. The van der Waals surface area contributed by atoms with E-state index in [0.717, 1.165) is 5.75 Å². The van der Waals surface area contributed by atoms with Crippen LogP contribution in [0.1, 0.15) is 50.3 Å². The zero-order valence-electron chi connectivity index (χ0n) is 11.6. The number of ether oxygens (including phenoxy) is 1. The third kappa shape index (κ3) is 2.14. The molecule has 1 fully saturated rings. The predicted octanol–water partition coefficient (Wildman–Crippen LogP) is 3.46. The number of fused-ring (bicyclic) bond motifs is 1. The van der Waals surface area contributed by atoms with Crippen molar-refractivity contribution in [3.63, 3.8) is 0 Å². The van der Waals surface area contributed by atoms with Gasteiger partial charge in [-0.2, -0.15) is 0 Å². The highest BCUT2D eigenvalue weighted by Gasteiger charge is 2.46. The second-order valence-corrected chi connectivity index (χ2v) is 6.42. The number of nitrogens with one attached hydrogen (secondary N) is 1. The summed E-state index contributed by atoms with van der Waals surface area (Å²) in [5.74, 6) is 0.984. The number of rotatable bonds is 3. The van der Waals surface area contributed by atoms with E-state index in [9.17, 15) is 0 Å². The third-order valence-electron chi connectivity index (χ3n) is 4.58. The first-order chi connectivity index (χ1) is 8.60. The van der Waals surface area contributed by atoms with E-state index in [1.54, 1.807) is 7.11 Å². The summed E-state index contributed by atoms with van der Waals surface area (Å²) in [4.78, 5) is 0. The Bertz CT molecular complexity index is 452. The number of hydrogen-bond acceptors (Lipinski definition) is 2. The van der Waals surface area contributed by atoms with Gasteiger partial charge in [-0.15, -0.1) is 0 Å². The van der Waals surface area contributed by atoms with Crippen LogP contribution >= 0.6 is 0 Å². The van der Waals surface area contributed by atoms with E-state index in [4.69, 9.17) is 4.74 Å². The Morgan fingerprint density at radius 1 is 1.33 bits per heavy atom. The molecule has 3 rings (SSSR count). The first kappa shape index (κ1) is 12.0. The summed E-state index contributed by atoms with van der Waals surface area (Å²) in [6.07, 6.45) is 5.07. The van der Waals surface area contributed by atoms with Gasteiger partial charge in [-0.3, -0.25) is 0 Å². The van der Waals surface area contributed by atoms with Gasteiger partial charge in [0.15, 0.2) is 0 Å². The van der Waals surface area contributed by atoms with Crippen LogP contribution in [-0.2, 0) is 6.42 Å². The maximum atomic E-state index is 5.36. The molecular formula is C16H23NO. The van der Waals surface area contributed by atoms with E-state index in [0.29, 0.717) is 17.5 Å². The molecule has 98 valence electrons. The molecular weight excluding hydrogens is 222 g/mol. The number of hydrogen-bond donors (Lipinski definition) is 1.